The zero-order chi connectivity index (χ0) is 18.3. The number of aromatic nitrogens is 1. The third kappa shape index (κ3) is 3.33. The minimum atomic E-state index is -2.88. The Morgan fingerprint density at radius 3 is 2.58 bits per heavy atom. The molecule has 138 valence electrons. The lowest BCUT2D eigenvalue weighted by Gasteiger charge is -2.37. The van der Waals surface area contributed by atoms with E-state index in [1.54, 1.807) is 0 Å². The van der Waals surface area contributed by atoms with Crippen molar-refractivity contribution in [1.29, 1.82) is 0 Å². The predicted octanol–water partition coefficient (Wildman–Crippen LogP) is 1.49. The van der Waals surface area contributed by atoms with Crippen molar-refractivity contribution < 1.29 is 13.2 Å². The van der Waals surface area contributed by atoms with Gasteiger partial charge in [-0.15, -0.1) is 0 Å². The molecule has 1 aromatic carbocycles. The second-order valence-corrected chi connectivity index (χ2v) is 9.44. The number of hydrogen-bond donors (Lipinski definition) is 0. The summed E-state index contributed by atoms with van der Waals surface area (Å²) in [5.74, 6) is 0.583. The second kappa shape index (κ2) is 6.63. The van der Waals surface area contributed by atoms with Crippen LogP contribution in [0.2, 0.25) is 0 Å². The van der Waals surface area contributed by atoms with Gasteiger partial charge in [-0.1, -0.05) is 18.2 Å². The van der Waals surface area contributed by atoms with Crippen molar-refractivity contribution in [3.05, 3.63) is 41.6 Å². The van der Waals surface area contributed by atoms with E-state index in [1.165, 1.54) is 0 Å². The van der Waals surface area contributed by atoms with E-state index in [4.69, 9.17) is 0 Å². The van der Waals surface area contributed by atoms with Crippen LogP contribution in [0.25, 0.3) is 10.9 Å². The van der Waals surface area contributed by atoms with Gasteiger partial charge in [0, 0.05) is 43.3 Å². The van der Waals surface area contributed by atoms with Crippen molar-refractivity contribution in [2.75, 3.05) is 37.7 Å². The Hall–Kier alpha value is -1.99. The molecule has 0 saturated carbocycles. The molecule has 0 unspecified atom stereocenters. The first-order valence-corrected chi connectivity index (χ1v) is 10.9. The lowest BCUT2D eigenvalue weighted by atomic mass is 10.1. The molecule has 4 rings (SSSR count). The number of fused-ring (bicyclic) bond motifs is 1. The van der Waals surface area contributed by atoms with Crippen LogP contribution >= 0.6 is 0 Å². The van der Waals surface area contributed by atoms with Crippen molar-refractivity contribution >= 4 is 26.6 Å². The third-order valence-electron chi connectivity index (χ3n) is 5.40. The number of aryl methyl sites for hydroxylation is 1. The zero-order valence-corrected chi connectivity index (χ0v) is 15.7. The van der Waals surface area contributed by atoms with Crippen LogP contribution in [0, 0.1) is 6.92 Å². The van der Waals surface area contributed by atoms with E-state index in [-0.39, 0.29) is 17.7 Å². The maximum Gasteiger partial charge on any atom is 0.254 e. The molecule has 26 heavy (non-hydrogen) atoms. The first-order chi connectivity index (χ1) is 12.4. The number of carbonyl (C=O) groups is 1. The molecule has 0 radical (unpaired) electrons. The van der Waals surface area contributed by atoms with E-state index < -0.39 is 9.84 Å². The molecule has 2 aliphatic rings. The van der Waals surface area contributed by atoms with Gasteiger partial charge in [-0.25, -0.2) is 8.42 Å². The number of carbonyl (C=O) groups excluding carboxylic acids is 1. The van der Waals surface area contributed by atoms with Crippen molar-refractivity contribution in [1.82, 2.24) is 14.8 Å². The minimum Gasteiger partial charge on any atom is -0.336 e. The third-order valence-corrected chi connectivity index (χ3v) is 7.15. The van der Waals surface area contributed by atoms with Crippen molar-refractivity contribution in [2.24, 2.45) is 0 Å². The summed E-state index contributed by atoms with van der Waals surface area (Å²) >= 11 is 0. The molecule has 1 atom stereocenters. The highest BCUT2D eigenvalue weighted by Crippen LogP contribution is 2.22. The Kier molecular flexibility index (Phi) is 4.44. The largest absolute Gasteiger partial charge is 0.336 e. The summed E-state index contributed by atoms with van der Waals surface area (Å²) in [6, 6.07) is 9.69. The SMILES string of the molecule is Cc1cc(C(=O)N2CCN([C@H]3CCS(=O)(=O)C3)CC2)c2ccccc2n1. The monoisotopic (exact) mass is 373 g/mol. The quantitative estimate of drug-likeness (QED) is 0.798. The van der Waals surface area contributed by atoms with E-state index in [1.807, 2.05) is 42.2 Å². The predicted molar refractivity (Wildman–Crippen MR) is 101 cm³/mol. The van der Waals surface area contributed by atoms with Crippen molar-refractivity contribution in [3.63, 3.8) is 0 Å². The number of piperazine rings is 1. The van der Waals surface area contributed by atoms with Crippen molar-refractivity contribution in [2.45, 2.75) is 19.4 Å². The van der Waals surface area contributed by atoms with E-state index in [9.17, 15) is 13.2 Å². The van der Waals surface area contributed by atoms with Gasteiger partial charge in [0.15, 0.2) is 9.84 Å². The molecule has 2 fully saturated rings. The van der Waals surface area contributed by atoms with Crippen molar-refractivity contribution in [3.8, 4) is 0 Å². The van der Waals surface area contributed by atoms with Crippen LogP contribution in [-0.2, 0) is 9.84 Å². The summed E-state index contributed by atoms with van der Waals surface area (Å²) in [7, 11) is -2.88. The van der Waals surface area contributed by atoms with E-state index in [0.717, 1.165) is 29.7 Å². The molecule has 7 heteroatoms. The highest BCUT2D eigenvalue weighted by atomic mass is 32.2. The van der Waals surface area contributed by atoms with Gasteiger partial charge in [0.25, 0.3) is 5.91 Å². The van der Waals surface area contributed by atoms with Crippen LogP contribution in [0.5, 0.6) is 0 Å². The molecule has 2 aliphatic heterocycles. The fraction of sp³-hybridized carbons (Fsp3) is 0.474. The summed E-state index contributed by atoms with van der Waals surface area (Å²) in [6.07, 6.45) is 0.713. The zero-order valence-electron chi connectivity index (χ0n) is 14.9. The van der Waals surface area contributed by atoms with E-state index in [0.29, 0.717) is 30.8 Å². The Bertz CT molecular complexity index is 950. The summed E-state index contributed by atoms with van der Waals surface area (Å²) in [5.41, 5.74) is 2.37. The molecule has 0 spiro atoms. The maximum atomic E-state index is 13.1. The number of benzene rings is 1. The average molecular weight is 373 g/mol. The Balaban J connectivity index is 1.49. The highest BCUT2D eigenvalue weighted by Gasteiger charge is 2.34. The lowest BCUT2D eigenvalue weighted by molar-refractivity contribution is 0.0589. The molecule has 0 bridgehead atoms. The van der Waals surface area contributed by atoms with Crippen LogP contribution in [0.1, 0.15) is 22.5 Å². The first kappa shape index (κ1) is 17.4. The molecule has 2 saturated heterocycles. The number of pyridine rings is 1. The minimum absolute atomic E-state index is 0.0328. The lowest BCUT2D eigenvalue weighted by Crippen LogP contribution is -2.52. The molecule has 3 heterocycles. The highest BCUT2D eigenvalue weighted by molar-refractivity contribution is 7.91. The molecular weight excluding hydrogens is 350 g/mol. The maximum absolute atomic E-state index is 13.1. The molecule has 1 aromatic heterocycles. The van der Waals surface area contributed by atoms with Gasteiger partial charge in [-0.05, 0) is 25.5 Å². The number of sulfone groups is 1. The number of hydrogen-bond acceptors (Lipinski definition) is 5. The van der Waals surface area contributed by atoms with Gasteiger partial charge in [-0.2, -0.15) is 0 Å². The summed E-state index contributed by atoms with van der Waals surface area (Å²) in [5, 5.41) is 0.882. The molecule has 6 nitrogen and oxygen atoms in total. The normalized spacial score (nSPS) is 23.4. The molecule has 0 aliphatic carbocycles. The van der Waals surface area contributed by atoms with Crippen LogP contribution in [-0.4, -0.2) is 72.8 Å². The average Bonchev–Trinajstić information content (AvgIpc) is 3.00. The summed E-state index contributed by atoms with van der Waals surface area (Å²) in [4.78, 5) is 21.7. The number of amides is 1. The summed E-state index contributed by atoms with van der Waals surface area (Å²) < 4.78 is 23.4. The smallest absolute Gasteiger partial charge is 0.254 e. The van der Waals surface area contributed by atoms with Gasteiger partial charge < -0.3 is 4.90 Å². The molecule has 0 N–H and O–H groups in total. The fourth-order valence-corrected chi connectivity index (χ4v) is 5.77. The van der Waals surface area contributed by atoms with Gasteiger partial charge in [0.2, 0.25) is 0 Å². The van der Waals surface area contributed by atoms with E-state index >= 15 is 0 Å². The van der Waals surface area contributed by atoms with E-state index in [2.05, 4.69) is 9.88 Å². The number of nitrogens with zero attached hydrogens (tertiary/aromatic N) is 3. The number of para-hydroxylation sites is 1. The second-order valence-electron chi connectivity index (χ2n) is 7.21. The Morgan fingerprint density at radius 1 is 1.15 bits per heavy atom. The molecular formula is C19H23N3O3S. The van der Waals surface area contributed by atoms with Crippen LogP contribution in [0.4, 0.5) is 0 Å². The van der Waals surface area contributed by atoms with Gasteiger partial charge in [0.1, 0.15) is 0 Å². The van der Waals surface area contributed by atoms with Gasteiger partial charge in [0.05, 0.1) is 22.6 Å². The van der Waals surface area contributed by atoms with Gasteiger partial charge >= 0.3 is 0 Å². The Labute approximate surface area is 153 Å². The van der Waals surface area contributed by atoms with Crippen LogP contribution in [0.15, 0.2) is 30.3 Å². The summed E-state index contributed by atoms with van der Waals surface area (Å²) in [6.45, 7) is 4.62. The first-order valence-electron chi connectivity index (χ1n) is 9.03. The molecule has 1 amide bonds. The fourth-order valence-electron chi connectivity index (χ4n) is 4.01. The number of rotatable bonds is 2. The standard InChI is InChI=1S/C19H23N3O3S/c1-14-12-17(16-4-2-3-5-18(16)20-14)19(23)22-9-7-21(8-10-22)15-6-11-26(24,25)13-15/h2-5,12,15H,6-11,13H2,1H3/t15-/m0/s1. The van der Waals surface area contributed by atoms with Gasteiger partial charge in [-0.3, -0.25) is 14.7 Å². The molecule has 2 aromatic rings. The van der Waals surface area contributed by atoms with Crippen LogP contribution < -0.4 is 0 Å². The van der Waals surface area contributed by atoms with Crippen LogP contribution in [0.3, 0.4) is 0 Å². The topological polar surface area (TPSA) is 70.6 Å². The Morgan fingerprint density at radius 2 is 1.88 bits per heavy atom.